The molecule has 2 heterocycles. The van der Waals surface area contributed by atoms with Gasteiger partial charge in [0.15, 0.2) is 0 Å². The van der Waals surface area contributed by atoms with Crippen molar-refractivity contribution in [1.29, 1.82) is 0 Å². The van der Waals surface area contributed by atoms with Gasteiger partial charge in [0, 0.05) is 28.9 Å². The molecule has 7 nitrogen and oxygen atoms in total. The number of para-hydroxylation sites is 1. The number of anilines is 1. The zero-order valence-electron chi connectivity index (χ0n) is 21.9. The number of fused-ring (bicyclic) bond motifs is 2. The summed E-state index contributed by atoms with van der Waals surface area (Å²) >= 11 is 1.51. The van der Waals surface area contributed by atoms with E-state index in [1.807, 2.05) is 25.1 Å². The predicted octanol–water partition coefficient (Wildman–Crippen LogP) is 5.12. The van der Waals surface area contributed by atoms with Gasteiger partial charge in [-0.15, -0.1) is 11.3 Å². The second kappa shape index (κ2) is 11.1. The van der Waals surface area contributed by atoms with E-state index in [-0.39, 0.29) is 30.4 Å². The molecule has 2 aliphatic carbocycles. The van der Waals surface area contributed by atoms with Crippen molar-refractivity contribution in [2.24, 2.45) is 5.92 Å². The van der Waals surface area contributed by atoms with E-state index in [4.69, 9.17) is 9.47 Å². The predicted molar refractivity (Wildman–Crippen MR) is 144 cm³/mol. The zero-order valence-corrected chi connectivity index (χ0v) is 22.7. The summed E-state index contributed by atoms with van der Waals surface area (Å²) in [7, 11) is 1.39. The van der Waals surface area contributed by atoms with E-state index in [1.165, 1.54) is 23.3 Å². The van der Waals surface area contributed by atoms with E-state index < -0.39 is 5.60 Å². The van der Waals surface area contributed by atoms with Gasteiger partial charge in [-0.2, -0.15) is 0 Å². The highest BCUT2D eigenvalue weighted by atomic mass is 32.1. The number of ether oxygens (including phenoxy) is 2. The van der Waals surface area contributed by atoms with Crippen molar-refractivity contribution < 1.29 is 24.2 Å². The van der Waals surface area contributed by atoms with Gasteiger partial charge in [-0.05, 0) is 63.5 Å². The minimum absolute atomic E-state index is 0.0316. The topological polar surface area (TPSA) is 88.1 Å². The van der Waals surface area contributed by atoms with Crippen molar-refractivity contribution >= 4 is 28.2 Å². The van der Waals surface area contributed by atoms with Crippen molar-refractivity contribution in [2.45, 2.75) is 76.4 Å². The molecule has 0 unspecified atom stereocenters. The number of rotatable bonds is 7. The Morgan fingerprint density at radius 2 is 1.97 bits per heavy atom. The Labute approximate surface area is 223 Å². The van der Waals surface area contributed by atoms with Crippen molar-refractivity contribution in [3.05, 3.63) is 45.8 Å². The standard InChI is InChI=1S/C29H38N2O5S/c1-3-36-22-13-6-4-10-19(22)26-21-12-8-9-15-29(21,34)16-17-31(26)18-24(32)30-27-25(28(33)35-2)20-11-5-7-14-23(20)37-27/h4,6,10,13,21,26,34H,3,5,7-9,11-12,14-18H2,1-2H3,(H,30,32)/t21-,26+,29-/m1/s1. The third-order valence-corrected chi connectivity index (χ3v) is 9.58. The van der Waals surface area contributed by atoms with Crippen LogP contribution in [0.2, 0.25) is 0 Å². The van der Waals surface area contributed by atoms with Crippen LogP contribution in [0.25, 0.3) is 0 Å². The molecule has 1 amide bonds. The van der Waals surface area contributed by atoms with Gasteiger partial charge in [0.05, 0.1) is 31.4 Å². The number of aliphatic hydroxyl groups is 1. The minimum atomic E-state index is -0.722. The lowest BCUT2D eigenvalue weighted by molar-refractivity contribution is -0.135. The van der Waals surface area contributed by atoms with Crippen LogP contribution in [0.15, 0.2) is 24.3 Å². The Kier molecular flexibility index (Phi) is 7.88. The van der Waals surface area contributed by atoms with E-state index >= 15 is 0 Å². The molecule has 0 bridgehead atoms. The maximum atomic E-state index is 13.5. The van der Waals surface area contributed by atoms with Gasteiger partial charge in [0.25, 0.3) is 0 Å². The van der Waals surface area contributed by atoms with Crippen LogP contribution in [-0.2, 0) is 22.4 Å². The number of amides is 1. The molecule has 37 heavy (non-hydrogen) atoms. The van der Waals surface area contributed by atoms with Crippen molar-refractivity contribution in [3.63, 3.8) is 0 Å². The molecule has 2 aromatic rings. The lowest BCUT2D eigenvalue weighted by Gasteiger charge is -2.52. The van der Waals surface area contributed by atoms with Crippen LogP contribution in [0.1, 0.15) is 84.3 Å². The maximum absolute atomic E-state index is 13.5. The average molecular weight is 527 g/mol. The summed E-state index contributed by atoms with van der Waals surface area (Å²) in [4.78, 5) is 29.5. The molecule has 1 aromatic carbocycles. The van der Waals surface area contributed by atoms with E-state index in [1.54, 1.807) is 0 Å². The SMILES string of the molecule is CCOc1ccccc1[C@H]1[C@H]2CCCC[C@@]2(O)CCN1CC(=O)Nc1sc2c(c1C(=O)OC)CCCC2. The van der Waals surface area contributed by atoms with Crippen LogP contribution in [0.5, 0.6) is 5.75 Å². The molecule has 1 aromatic heterocycles. The zero-order chi connectivity index (χ0) is 26.0. The molecule has 0 radical (unpaired) electrons. The van der Waals surface area contributed by atoms with Crippen LogP contribution in [0.4, 0.5) is 5.00 Å². The lowest BCUT2D eigenvalue weighted by Crippen LogP contribution is -2.56. The van der Waals surface area contributed by atoms with Crippen LogP contribution < -0.4 is 10.1 Å². The summed E-state index contributed by atoms with van der Waals surface area (Å²) in [6.45, 7) is 3.33. The number of nitrogens with zero attached hydrogens (tertiary/aromatic N) is 1. The summed E-state index contributed by atoms with van der Waals surface area (Å²) < 4.78 is 11.1. The molecule has 0 spiro atoms. The number of nitrogens with one attached hydrogen (secondary N) is 1. The summed E-state index contributed by atoms with van der Waals surface area (Å²) in [6.07, 6.45) is 8.39. The first-order valence-electron chi connectivity index (χ1n) is 13.7. The Morgan fingerprint density at radius 1 is 1.16 bits per heavy atom. The third kappa shape index (κ3) is 5.16. The van der Waals surface area contributed by atoms with Crippen LogP contribution in [-0.4, -0.2) is 54.3 Å². The largest absolute Gasteiger partial charge is 0.494 e. The number of benzene rings is 1. The molecule has 200 valence electrons. The number of esters is 1. The molecular formula is C29H38N2O5S. The molecule has 3 atom stereocenters. The highest BCUT2D eigenvalue weighted by Crippen LogP contribution is 2.50. The molecule has 2 fully saturated rings. The van der Waals surface area contributed by atoms with Gasteiger partial charge < -0.3 is 19.9 Å². The first-order valence-corrected chi connectivity index (χ1v) is 14.5. The second-order valence-electron chi connectivity index (χ2n) is 10.5. The summed E-state index contributed by atoms with van der Waals surface area (Å²) in [5.74, 6) is 0.311. The highest BCUT2D eigenvalue weighted by molar-refractivity contribution is 7.17. The van der Waals surface area contributed by atoms with Crippen molar-refractivity contribution in [2.75, 3.05) is 32.1 Å². The van der Waals surface area contributed by atoms with Gasteiger partial charge in [-0.1, -0.05) is 31.0 Å². The van der Waals surface area contributed by atoms with Crippen LogP contribution in [0.3, 0.4) is 0 Å². The summed E-state index contributed by atoms with van der Waals surface area (Å²) in [5.41, 5.74) is 1.87. The number of hydrogen-bond acceptors (Lipinski definition) is 7. The normalized spacial score (nSPS) is 25.6. The molecule has 8 heteroatoms. The second-order valence-corrected chi connectivity index (χ2v) is 11.7. The Bertz CT molecular complexity index is 1150. The molecule has 5 rings (SSSR count). The molecule has 1 saturated heterocycles. The molecular weight excluding hydrogens is 488 g/mol. The van der Waals surface area contributed by atoms with Crippen LogP contribution in [0, 0.1) is 5.92 Å². The maximum Gasteiger partial charge on any atom is 0.341 e. The third-order valence-electron chi connectivity index (χ3n) is 8.37. The Hall–Kier alpha value is -2.42. The molecule has 1 saturated carbocycles. The lowest BCUT2D eigenvalue weighted by atomic mass is 9.66. The molecule has 3 aliphatic rings. The van der Waals surface area contributed by atoms with E-state index in [0.29, 0.717) is 30.1 Å². The smallest absolute Gasteiger partial charge is 0.341 e. The first-order chi connectivity index (χ1) is 17.9. The molecule has 1 aliphatic heterocycles. The first kappa shape index (κ1) is 26.2. The van der Waals surface area contributed by atoms with E-state index in [9.17, 15) is 14.7 Å². The number of methoxy groups -OCH3 is 1. The van der Waals surface area contributed by atoms with Crippen molar-refractivity contribution in [3.8, 4) is 5.75 Å². The summed E-state index contributed by atoms with van der Waals surface area (Å²) in [5, 5.41) is 15.3. The van der Waals surface area contributed by atoms with Crippen LogP contribution >= 0.6 is 11.3 Å². The quantitative estimate of drug-likeness (QED) is 0.487. The number of thiophene rings is 1. The fraction of sp³-hybridized carbons (Fsp3) is 0.586. The fourth-order valence-electron chi connectivity index (χ4n) is 6.67. The minimum Gasteiger partial charge on any atom is -0.494 e. The molecule has 2 N–H and O–H groups in total. The number of hydrogen-bond donors (Lipinski definition) is 2. The number of carbonyl (C=O) groups excluding carboxylic acids is 2. The average Bonchev–Trinajstić information content (AvgIpc) is 3.26. The number of piperidine rings is 1. The van der Waals surface area contributed by atoms with E-state index in [0.717, 1.165) is 68.2 Å². The number of aryl methyl sites for hydroxylation is 1. The van der Waals surface area contributed by atoms with Gasteiger partial charge in [0.2, 0.25) is 5.91 Å². The summed E-state index contributed by atoms with van der Waals surface area (Å²) in [6, 6.07) is 7.90. The van der Waals surface area contributed by atoms with Gasteiger partial charge >= 0.3 is 5.97 Å². The number of carbonyl (C=O) groups is 2. The highest BCUT2D eigenvalue weighted by Gasteiger charge is 2.49. The van der Waals surface area contributed by atoms with E-state index in [2.05, 4.69) is 16.3 Å². The van der Waals surface area contributed by atoms with Gasteiger partial charge in [0.1, 0.15) is 10.8 Å². The monoisotopic (exact) mass is 526 g/mol. The van der Waals surface area contributed by atoms with Gasteiger partial charge in [-0.3, -0.25) is 9.69 Å². The van der Waals surface area contributed by atoms with Crippen molar-refractivity contribution in [1.82, 2.24) is 4.90 Å². The number of likely N-dealkylation sites (tertiary alicyclic amines) is 1. The Morgan fingerprint density at radius 3 is 2.78 bits per heavy atom. The van der Waals surface area contributed by atoms with Gasteiger partial charge in [-0.25, -0.2) is 4.79 Å². The Balaban J connectivity index is 1.43. The fourth-order valence-corrected chi connectivity index (χ4v) is 7.96.